The summed E-state index contributed by atoms with van der Waals surface area (Å²) >= 11 is 0. The summed E-state index contributed by atoms with van der Waals surface area (Å²) in [5.74, 6) is -0.383. The summed E-state index contributed by atoms with van der Waals surface area (Å²) in [7, 11) is 0. The maximum Gasteiger partial charge on any atom is 0.320 e. The van der Waals surface area contributed by atoms with Gasteiger partial charge in [0.1, 0.15) is 6.04 Å². The first-order chi connectivity index (χ1) is 5.70. The first kappa shape index (κ1) is 16.4. The van der Waals surface area contributed by atoms with Crippen LogP contribution in [0.25, 0.3) is 0 Å². The van der Waals surface area contributed by atoms with E-state index in [9.17, 15) is 4.79 Å². The molecule has 4 nitrogen and oxygen atoms in total. The number of carboxylic acid groups (broad SMARTS) is 1. The van der Waals surface area contributed by atoms with Crippen molar-refractivity contribution in [3.63, 3.8) is 0 Å². The van der Waals surface area contributed by atoms with Crippen LogP contribution in [-0.2, 0) is 4.79 Å². The average molecular weight is 245 g/mol. The van der Waals surface area contributed by atoms with Gasteiger partial charge in [-0.15, -0.1) is 24.8 Å². The summed E-state index contributed by atoms with van der Waals surface area (Å²) in [6, 6.07) is -0.673. The summed E-state index contributed by atoms with van der Waals surface area (Å²) in [6.45, 7) is 1.99. The maximum atomic E-state index is 10.4. The number of aliphatic carboxylic acids is 1. The number of hydrogen-bond acceptors (Lipinski definition) is 3. The van der Waals surface area contributed by atoms with E-state index >= 15 is 0 Å². The number of rotatable bonds is 3. The molecule has 0 spiro atoms. The fraction of sp³-hybridized carbons (Fsp3) is 0.875. The third kappa shape index (κ3) is 5.65. The Morgan fingerprint density at radius 3 is 2.36 bits per heavy atom. The van der Waals surface area contributed by atoms with E-state index in [1.54, 1.807) is 0 Å². The van der Waals surface area contributed by atoms with Crippen LogP contribution < -0.4 is 11.1 Å². The van der Waals surface area contributed by atoms with E-state index in [1.807, 2.05) is 0 Å². The molecular weight excluding hydrogens is 227 g/mol. The van der Waals surface area contributed by atoms with Crippen LogP contribution in [-0.4, -0.2) is 30.2 Å². The van der Waals surface area contributed by atoms with Crippen molar-refractivity contribution in [3.05, 3.63) is 0 Å². The Hall–Kier alpha value is -0.0300. The summed E-state index contributed by atoms with van der Waals surface area (Å²) in [5.41, 5.74) is 5.43. The van der Waals surface area contributed by atoms with Crippen LogP contribution in [0.1, 0.15) is 19.3 Å². The van der Waals surface area contributed by atoms with Crippen molar-refractivity contribution in [1.82, 2.24) is 5.32 Å². The van der Waals surface area contributed by atoms with Crippen molar-refractivity contribution in [2.24, 2.45) is 11.7 Å². The third-order valence-corrected chi connectivity index (χ3v) is 2.36. The van der Waals surface area contributed by atoms with Gasteiger partial charge >= 0.3 is 5.97 Å². The molecule has 1 saturated heterocycles. The van der Waals surface area contributed by atoms with Gasteiger partial charge in [0, 0.05) is 0 Å². The van der Waals surface area contributed by atoms with E-state index in [0.29, 0.717) is 12.3 Å². The second-order valence-electron chi connectivity index (χ2n) is 3.37. The van der Waals surface area contributed by atoms with Crippen LogP contribution in [0.4, 0.5) is 0 Å². The molecule has 0 aromatic heterocycles. The Balaban J connectivity index is 0. The fourth-order valence-corrected chi connectivity index (χ4v) is 1.58. The summed E-state index contributed by atoms with van der Waals surface area (Å²) < 4.78 is 0. The van der Waals surface area contributed by atoms with Crippen LogP contribution in [0.15, 0.2) is 0 Å². The minimum absolute atomic E-state index is 0. The van der Waals surface area contributed by atoms with Gasteiger partial charge in [0.2, 0.25) is 0 Å². The van der Waals surface area contributed by atoms with E-state index in [2.05, 4.69) is 5.32 Å². The van der Waals surface area contributed by atoms with Gasteiger partial charge in [-0.3, -0.25) is 4.79 Å². The second kappa shape index (κ2) is 8.29. The van der Waals surface area contributed by atoms with Crippen molar-refractivity contribution in [3.8, 4) is 0 Å². The lowest BCUT2D eigenvalue weighted by Gasteiger charge is -2.23. The molecule has 0 aromatic carbocycles. The molecule has 1 heterocycles. The number of nitrogens with one attached hydrogen (secondary N) is 1. The zero-order chi connectivity index (χ0) is 8.97. The van der Waals surface area contributed by atoms with Gasteiger partial charge in [-0.05, 0) is 38.3 Å². The van der Waals surface area contributed by atoms with Crippen molar-refractivity contribution in [2.75, 3.05) is 13.1 Å². The molecule has 0 aliphatic carbocycles. The number of carbonyl (C=O) groups is 1. The van der Waals surface area contributed by atoms with Crippen molar-refractivity contribution in [2.45, 2.75) is 25.3 Å². The van der Waals surface area contributed by atoms with Crippen LogP contribution in [0, 0.1) is 5.92 Å². The minimum atomic E-state index is -0.881. The summed E-state index contributed by atoms with van der Waals surface area (Å²) in [4.78, 5) is 10.4. The zero-order valence-electron chi connectivity index (χ0n) is 7.94. The van der Waals surface area contributed by atoms with Gasteiger partial charge in [0.15, 0.2) is 0 Å². The summed E-state index contributed by atoms with van der Waals surface area (Å²) in [6.07, 6.45) is 2.74. The molecule has 4 N–H and O–H groups in total. The monoisotopic (exact) mass is 244 g/mol. The maximum absolute atomic E-state index is 10.4. The largest absolute Gasteiger partial charge is 0.480 e. The number of carboxylic acids is 1. The SMILES string of the molecule is Cl.Cl.N[C@@H](CC1CCNCC1)C(=O)O. The molecule has 1 aliphatic rings. The van der Waals surface area contributed by atoms with E-state index < -0.39 is 12.0 Å². The van der Waals surface area contributed by atoms with Crippen LogP contribution in [0.5, 0.6) is 0 Å². The Morgan fingerprint density at radius 2 is 1.93 bits per heavy atom. The Morgan fingerprint density at radius 1 is 1.43 bits per heavy atom. The van der Waals surface area contributed by atoms with Gasteiger partial charge in [0.05, 0.1) is 0 Å². The van der Waals surface area contributed by atoms with Gasteiger partial charge in [0.25, 0.3) is 0 Å². The summed E-state index contributed by atoms with van der Waals surface area (Å²) in [5, 5.41) is 11.8. The lowest BCUT2D eigenvalue weighted by molar-refractivity contribution is -0.139. The molecular formula is C8H18Cl2N2O2. The molecule has 6 heteroatoms. The molecule has 1 atom stereocenters. The highest BCUT2D eigenvalue weighted by molar-refractivity contribution is 5.85. The predicted molar refractivity (Wildman–Crippen MR) is 60.3 cm³/mol. The predicted octanol–water partition coefficient (Wildman–Crippen LogP) is 0.632. The Bertz CT molecular complexity index is 163. The van der Waals surface area contributed by atoms with Gasteiger partial charge in [-0.1, -0.05) is 0 Å². The topological polar surface area (TPSA) is 75.3 Å². The molecule has 0 aromatic rings. The smallest absolute Gasteiger partial charge is 0.320 e. The van der Waals surface area contributed by atoms with E-state index in [1.165, 1.54) is 0 Å². The fourth-order valence-electron chi connectivity index (χ4n) is 1.58. The number of piperidine rings is 1. The molecule has 1 rings (SSSR count). The molecule has 86 valence electrons. The number of hydrogen-bond donors (Lipinski definition) is 3. The molecule has 1 fully saturated rings. The molecule has 0 bridgehead atoms. The molecule has 1 aliphatic heterocycles. The highest BCUT2D eigenvalue weighted by atomic mass is 35.5. The average Bonchev–Trinajstić information content (AvgIpc) is 2.06. The molecule has 0 saturated carbocycles. The normalized spacial score (nSPS) is 18.9. The van der Waals surface area contributed by atoms with Crippen molar-refractivity contribution in [1.29, 1.82) is 0 Å². The van der Waals surface area contributed by atoms with Crippen molar-refractivity contribution >= 4 is 30.8 Å². The third-order valence-electron chi connectivity index (χ3n) is 2.36. The van der Waals surface area contributed by atoms with E-state index in [-0.39, 0.29) is 24.8 Å². The quantitative estimate of drug-likeness (QED) is 0.681. The van der Waals surface area contributed by atoms with Crippen LogP contribution >= 0.6 is 24.8 Å². The second-order valence-corrected chi connectivity index (χ2v) is 3.37. The standard InChI is InChI=1S/C8H16N2O2.2ClH/c9-7(8(11)12)5-6-1-3-10-4-2-6;;/h6-7,10H,1-5,9H2,(H,11,12);2*1H/t7-;;/m0../s1. The van der Waals surface area contributed by atoms with Crippen molar-refractivity contribution < 1.29 is 9.90 Å². The number of halogens is 2. The lowest BCUT2D eigenvalue weighted by atomic mass is 9.91. The Kier molecular flexibility index (Phi) is 9.72. The molecule has 0 radical (unpaired) electrons. The van der Waals surface area contributed by atoms with Gasteiger partial charge in [-0.2, -0.15) is 0 Å². The van der Waals surface area contributed by atoms with Crippen LogP contribution in [0.2, 0.25) is 0 Å². The zero-order valence-corrected chi connectivity index (χ0v) is 9.57. The van der Waals surface area contributed by atoms with Crippen LogP contribution in [0.3, 0.4) is 0 Å². The molecule has 0 amide bonds. The van der Waals surface area contributed by atoms with Gasteiger partial charge < -0.3 is 16.2 Å². The highest BCUT2D eigenvalue weighted by Crippen LogP contribution is 2.16. The lowest BCUT2D eigenvalue weighted by Crippen LogP contribution is -2.36. The molecule has 14 heavy (non-hydrogen) atoms. The minimum Gasteiger partial charge on any atom is -0.480 e. The van der Waals surface area contributed by atoms with E-state index in [4.69, 9.17) is 10.8 Å². The highest BCUT2D eigenvalue weighted by Gasteiger charge is 2.19. The Labute approximate surface area is 96.4 Å². The van der Waals surface area contributed by atoms with Gasteiger partial charge in [-0.25, -0.2) is 0 Å². The van der Waals surface area contributed by atoms with E-state index in [0.717, 1.165) is 25.9 Å². The molecule has 0 unspecified atom stereocenters. The first-order valence-corrected chi connectivity index (χ1v) is 4.39. The first-order valence-electron chi connectivity index (χ1n) is 4.39. The number of nitrogens with two attached hydrogens (primary N) is 1.